The molecule has 0 spiro atoms. The quantitative estimate of drug-likeness (QED) is 0.706. The summed E-state index contributed by atoms with van der Waals surface area (Å²) < 4.78 is 10.9. The Hall–Kier alpha value is -3.04. The summed E-state index contributed by atoms with van der Waals surface area (Å²) in [6, 6.07) is 8.39. The highest BCUT2D eigenvalue weighted by molar-refractivity contribution is 5.85. The smallest absolute Gasteiger partial charge is 0.224 e. The normalized spacial score (nSPS) is 17.7. The number of fused-ring (bicyclic) bond motifs is 1. The highest BCUT2D eigenvalue weighted by Crippen LogP contribution is 2.27. The van der Waals surface area contributed by atoms with Gasteiger partial charge in [0, 0.05) is 37.4 Å². The van der Waals surface area contributed by atoms with Gasteiger partial charge in [0.2, 0.25) is 5.95 Å². The van der Waals surface area contributed by atoms with Crippen LogP contribution in [0.2, 0.25) is 0 Å². The van der Waals surface area contributed by atoms with Crippen LogP contribution in [0.5, 0.6) is 0 Å². The maximum absolute atomic E-state index is 5.91. The van der Waals surface area contributed by atoms with Crippen LogP contribution in [0.25, 0.3) is 22.4 Å². The average molecular weight is 393 g/mol. The van der Waals surface area contributed by atoms with Crippen LogP contribution in [0, 0.1) is 0 Å². The minimum absolute atomic E-state index is 0.205. The molecule has 2 fully saturated rings. The van der Waals surface area contributed by atoms with Crippen molar-refractivity contribution in [1.29, 1.82) is 0 Å². The van der Waals surface area contributed by atoms with Gasteiger partial charge in [0.1, 0.15) is 0 Å². The molecule has 2 N–H and O–H groups in total. The molecule has 0 atom stereocenters. The van der Waals surface area contributed by atoms with Crippen molar-refractivity contribution in [3.8, 4) is 11.3 Å². The van der Waals surface area contributed by atoms with Gasteiger partial charge in [-0.15, -0.1) is 0 Å². The number of nitrogens with two attached hydrogens (primary N) is 1. The van der Waals surface area contributed by atoms with E-state index in [1.807, 2.05) is 0 Å². The molecule has 0 amide bonds. The Kier molecular flexibility index (Phi) is 4.82. The highest BCUT2D eigenvalue weighted by atomic mass is 16.5. The summed E-state index contributed by atoms with van der Waals surface area (Å²) in [4.78, 5) is 22.5. The van der Waals surface area contributed by atoms with Crippen LogP contribution >= 0.6 is 0 Å². The van der Waals surface area contributed by atoms with Gasteiger partial charge in [-0.3, -0.25) is 0 Å². The van der Waals surface area contributed by atoms with E-state index in [1.165, 1.54) is 5.69 Å². The Morgan fingerprint density at radius 1 is 0.793 bits per heavy atom. The van der Waals surface area contributed by atoms with Crippen molar-refractivity contribution in [2.45, 2.75) is 0 Å². The molecule has 0 bridgehead atoms. The number of anilines is 3. The summed E-state index contributed by atoms with van der Waals surface area (Å²) >= 11 is 0. The van der Waals surface area contributed by atoms with Gasteiger partial charge in [-0.05, 0) is 12.1 Å². The van der Waals surface area contributed by atoms with E-state index in [-0.39, 0.29) is 5.95 Å². The largest absolute Gasteiger partial charge is 0.378 e. The fourth-order valence-corrected chi connectivity index (χ4v) is 3.71. The molecular weight excluding hydrogens is 370 g/mol. The van der Waals surface area contributed by atoms with E-state index >= 15 is 0 Å². The second kappa shape index (κ2) is 7.76. The van der Waals surface area contributed by atoms with Gasteiger partial charge >= 0.3 is 0 Å². The molecule has 3 aromatic rings. The highest BCUT2D eigenvalue weighted by Gasteiger charge is 2.19. The molecule has 1 aromatic carbocycles. The number of nitrogens with zero attached hydrogens (tertiary/aromatic N) is 6. The maximum Gasteiger partial charge on any atom is 0.224 e. The molecule has 0 unspecified atom stereocenters. The van der Waals surface area contributed by atoms with Crippen molar-refractivity contribution >= 4 is 28.6 Å². The summed E-state index contributed by atoms with van der Waals surface area (Å²) in [5.74, 6) is 0.922. The zero-order chi connectivity index (χ0) is 19.6. The Labute approximate surface area is 168 Å². The summed E-state index contributed by atoms with van der Waals surface area (Å²) in [7, 11) is 0. The van der Waals surface area contributed by atoms with Crippen molar-refractivity contribution in [2.75, 3.05) is 68.1 Å². The summed E-state index contributed by atoms with van der Waals surface area (Å²) in [5.41, 5.74) is 10.1. The first-order chi connectivity index (χ1) is 14.3. The van der Waals surface area contributed by atoms with Gasteiger partial charge in [-0.1, -0.05) is 12.1 Å². The van der Waals surface area contributed by atoms with Gasteiger partial charge in [0.05, 0.1) is 38.3 Å². The van der Waals surface area contributed by atoms with E-state index in [9.17, 15) is 0 Å². The third-order valence-corrected chi connectivity index (χ3v) is 5.26. The van der Waals surface area contributed by atoms with Crippen LogP contribution in [0.1, 0.15) is 0 Å². The minimum Gasteiger partial charge on any atom is -0.378 e. The fourth-order valence-electron chi connectivity index (χ4n) is 3.71. The molecule has 0 saturated carbocycles. The number of morpholine rings is 2. The van der Waals surface area contributed by atoms with E-state index in [0.29, 0.717) is 24.4 Å². The SMILES string of the molecule is Nc1nc(N2CCOCC2)c2nc(-c3ccc(N4CCOCC4)cc3)cnc2n1. The van der Waals surface area contributed by atoms with Crippen molar-refractivity contribution < 1.29 is 9.47 Å². The van der Waals surface area contributed by atoms with Crippen LogP contribution in [0.4, 0.5) is 17.5 Å². The van der Waals surface area contributed by atoms with Crippen LogP contribution in [-0.2, 0) is 9.47 Å². The summed E-state index contributed by atoms with van der Waals surface area (Å²) in [5, 5.41) is 0. The molecule has 4 heterocycles. The first-order valence-electron chi connectivity index (χ1n) is 9.84. The van der Waals surface area contributed by atoms with E-state index in [4.69, 9.17) is 20.2 Å². The van der Waals surface area contributed by atoms with E-state index in [2.05, 4.69) is 49.0 Å². The standard InChI is InChI=1S/C20H23N7O2/c21-20-24-18-17(19(25-20)27-7-11-29-12-8-27)23-16(13-22-18)14-1-3-15(4-2-14)26-5-9-28-10-6-26/h1-4,13H,5-12H2,(H2,21,22,24,25). The third-order valence-electron chi connectivity index (χ3n) is 5.26. The first-order valence-corrected chi connectivity index (χ1v) is 9.84. The van der Waals surface area contributed by atoms with Gasteiger partial charge in [-0.25, -0.2) is 9.97 Å². The number of aromatic nitrogens is 4. The topological polar surface area (TPSA) is 103 Å². The average Bonchev–Trinajstić information content (AvgIpc) is 2.79. The zero-order valence-corrected chi connectivity index (χ0v) is 16.1. The molecule has 2 aliphatic rings. The van der Waals surface area contributed by atoms with Crippen molar-refractivity contribution in [1.82, 2.24) is 19.9 Å². The molecule has 29 heavy (non-hydrogen) atoms. The number of ether oxygens (including phenoxy) is 2. The van der Waals surface area contributed by atoms with Crippen molar-refractivity contribution in [2.24, 2.45) is 0 Å². The number of nitrogen functional groups attached to an aromatic ring is 1. The molecule has 150 valence electrons. The Morgan fingerprint density at radius 2 is 1.45 bits per heavy atom. The molecule has 9 heteroatoms. The molecule has 2 aromatic heterocycles. The lowest BCUT2D eigenvalue weighted by atomic mass is 10.1. The number of rotatable bonds is 3. The van der Waals surface area contributed by atoms with Crippen molar-refractivity contribution in [3.05, 3.63) is 30.5 Å². The maximum atomic E-state index is 5.91. The van der Waals surface area contributed by atoms with Crippen LogP contribution < -0.4 is 15.5 Å². The second-order valence-electron chi connectivity index (χ2n) is 7.08. The molecule has 0 radical (unpaired) electrons. The predicted molar refractivity (Wildman–Crippen MR) is 111 cm³/mol. The Bertz CT molecular complexity index is 1000. The minimum atomic E-state index is 0.205. The Balaban J connectivity index is 1.49. The zero-order valence-electron chi connectivity index (χ0n) is 16.1. The fraction of sp³-hybridized carbons (Fsp3) is 0.400. The summed E-state index contributed by atoms with van der Waals surface area (Å²) in [6.07, 6.45) is 1.74. The van der Waals surface area contributed by atoms with Gasteiger partial charge in [0.15, 0.2) is 17.0 Å². The number of hydrogen-bond acceptors (Lipinski definition) is 9. The summed E-state index contributed by atoms with van der Waals surface area (Å²) in [6.45, 7) is 6.16. The molecule has 2 saturated heterocycles. The Morgan fingerprint density at radius 3 is 2.14 bits per heavy atom. The van der Waals surface area contributed by atoms with Crippen LogP contribution in [-0.4, -0.2) is 72.5 Å². The third kappa shape index (κ3) is 3.66. The number of benzene rings is 1. The van der Waals surface area contributed by atoms with E-state index in [0.717, 1.165) is 56.5 Å². The van der Waals surface area contributed by atoms with Crippen LogP contribution in [0.3, 0.4) is 0 Å². The molecule has 2 aliphatic heterocycles. The van der Waals surface area contributed by atoms with E-state index < -0.39 is 0 Å². The lowest BCUT2D eigenvalue weighted by Crippen LogP contribution is -2.37. The lowest BCUT2D eigenvalue weighted by molar-refractivity contribution is 0.122. The van der Waals surface area contributed by atoms with Crippen molar-refractivity contribution in [3.63, 3.8) is 0 Å². The monoisotopic (exact) mass is 393 g/mol. The van der Waals surface area contributed by atoms with Gasteiger partial charge in [0.25, 0.3) is 0 Å². The van der Waals surface area contributed by atoms with Gasteiger partial charge in [-0.2, -0.15) is 9.97 Å². The molecule has 0 aliphatic carbocycles. The van der Waals surface area contributed by atoms with Gasteiger partial charge < -0.3 is 25.0 Å². The first kappa shape index (κ1) is 18.0. The lowest BCUT2D eigenvalue weighted by Gasteiger charge is -2.29. The molecular formula is C20H23N7O2. The van der Waals surface area contributed by atoms with Crippen LogP contribution in [0.15, 0.2) is 30.5 Å². The predicted octanol–water partition coefficient (Wildman–Crippen LogP) is 1.34. The number of hydrogen-bond donors (Lipinski definition) is 1. The molecule has 5 rings (SSSR count). The molecule has 9 nitrogen and oxygen atoms in total. The van der Waals surface area contributed by atoms with E-state index in [1.54, 1.807) is 6.20 Å². The second-order valence-corrected chi connectivity index (χ2v) is 7.08.